The Labute approximate surface area is 160 Å². The summed E-state index contributed by atoms with van der Waals surface area (Å²) in [5, 5.41) is 5.90. The fourth-order valence-electron chi connectivity index (χ4n) is 3.57. The Bertz CT molecular complexity index is 658. The van der Waals surface area contributed by atoms with Gasteiger partial charge in [-0.25, -0.2) is 0 Å². The number of amides is 3. The van der Waals surface area contributed by atoms with E-state index in [9.17, 15) is 14.4 Å². The van der Waals surface area contributed by atoms with Crippen LogP contribution in [-0.4, -0.2) is 48.8 Å². The Morgan fingerprint density at radius 2 is 1.67 bits per heavy atom. The molecule has 0 spiro atoms. The van der Waals surface area contributed by atoms with Crippen LogP contribution in [0.5, 0.6) is 0 Å². The number of carbonyl (C=O) groups excluding carboxylic acids is 3. The second-order valence-electron chi connectivity index (χ2n) is 7.52. The third-order valence-electron chi connectivity index (χ3n) is 5.31. The number of nitrogens with zero attached hydrogens (tertiary/aromatic N) is 1. The lowest BCUT2D eigenvalue weighted by atomic mass is 9.91. The summed E-state index contributed by atoms with van der Waals surface area (Å²) in [5.74, 6) is 0.345. The van der Waals surface area contributed by atoms with Crippen molar-refractivity contribution in [3.8, 4) is 0 Å². The first-order chi connectivity index (χ1) is 13.1. The molecular weight excluding hydrogens is 342 g/mol. The van der Waals surface area contributed by atoms with E-state index < -0.39 is 0 Å². The molecular formula is C21H29N3O3. The minimum atomic E-state index is -0.100. The largest absolute Gasteiger partial charge is 0.356 e. The van der Waals surface area contributed by atoms with Crippen LogP contribution in [0.2, 0.25) is 0 Å². The number of carbonyl (C=O) groups is 3. The molecule has 1 aromatic carbocycles. The summed E-state index contributed by atoms with van der Waals surface area (Å²) >= 11 is 0. The summed E-state index contributed by atoms with van der Waals surface area (Å²) in [6.45, 7) is 1.70. The first-order valence-electron chi connectivity index (χ1n) is 10.0. The second-order valence-corrected chi connectivity index (χ2v) is 7.52. The van der Waals surface area contributed by atoms with Crippen LogP contribution < -0.4 is 10.6 Å². The van der Waals surface area contributed by atoms with Crippen molar-refractivity contribution in [2.24, 2.45) is 5.92 Å². The van der Waals surface area contributed by atoms with Crippen molar-refractivity contribution >= 4 is 17.7 Å². The van der Waals surface area contributed by atoms with Crippen LogP contribution >= 0.6 is 0 Å². The highest BCUT2D eigenvalue weighted by atomic mass is 16.2. The molecule has 1 aliphatic carbocycles. The fourth-order valence-corrected chi connectivity index (χ4v) is 3.57. The van der Waals surface area contributed by atoms with Crippen LogP contribution in [0.15, 0.2) is 30.3 Å². The second kappa shape index (κ2) is 9.53. The highest BCUT2D eigenvalue weighted by Gasteiger charge is 2.33. The Morgan fingerprint density at radius 1 is 0.926 bits per heavy atom. The molecule has 0 bridgehead atoms. The predicted octanol–water partition coefficient (Wildman–Crippen LogP) is 1.82. The van der Waals surface area contributed by atoms with Crippen LogP contribution in [0.3, 0.4) is 0 Å². The molecule has 1 heterocycles. The van der Waals surface area contributed by atoms with Gasteiger partial charge in [0, 0.05) is 32.0 Å². The lowest BCUT2D eigenvalue weighted by Crippen LogP contribution is -2.43. The zero-order valence-corrected chi connectivity index (χ0v) is 15.8. The molecule has 0 radical (unpaired) electrons. The standard InChI is InChI=1S/C21H29N3O3/c25-19-10-9-17(16-5-2-1-3-6-16)11-13-23-20(26)15-24(14-4-12-22-19)21(27)18-7-8-18/h1-3,5-6,17-18H,4,7-15H2,(H,22,25)(H,23,26). The number of nitrogens with one attached hydrogen (secondary N) is 2. The molecule has 27 heavy (non-hydrogen) atoms. The van der Waals surface area contributed by atoms with Crippen LogP contribution in [0, 0.1) is 5.92 Å². The van der Waals surface area contributed by atoms with Gasteiger partial charge in [0.1, 0.15) is 0 Å². The number of hydrogen-bond acceptors (Lipinski definition) is 3. The van der Waals surface area contributed by atoms with Crippen molar-refractivity contribution in [2.45, 2.75) is 44.4 Å². The van der Waals surface area contributed by atoms with E-state index in [0.29, 0.717) is 32.5 Å². The van der Waals surface area contributed by atoms with Gasteiger partial charge in [-0.05, 0) is 43.6 Å². The summed E-state index contributed by atoms with van der Waals surface area (Å²) in [6, 6.07) is 10.1. The third kappa shape index (κ3) is 6.08. The molecule has 1 aliphatic heterocycles. The van der Waals surface area contributed by atoms with Crippen molar-refractivity contribution in [2.75, 3.05) is 26.2 Å². The van der Waals surface area contributed by atoms with E-state index in [0.717, 1.165) is 25.7 Å². The lowest BCUT2D eigenvalue weighted by Gasteiger charge is -2.24. The Hall–Kier alpha value is -2.37. The van der Waals surface area contributed by atoms with E-state index in [2.05, 4.69) is 22.8 Å². The normalized spacial score (nSPS) is 23.1. The van der Waals surface area contributed by atoms with Gasteiger partial charge >= 0.3 is 0 Å². The molecule has 1 saturated heterocycles. The van der Waals surface area contributed by atoms with Gasteiger partial charge in [-0.1, -0.05) is 30.3 Å². The maximum atomic E-state index is 12.4. The SMILES string of the molecule is O=C1CCC(c2ccccc2)CCNC(=O)CN(C(=O)C2CC2)CCCN1. The molecule has 6 heteroatoms. The summed E-state index contributed by atoms with van der Waals surface area (Å²) in [6.07, 6.45) is 4.52. The molecule has 2 aliphatic rings. The minimum Gasteiger partial charge on any atom is -0.356 e. The lowest BCUT2D eigenvalue weighted by molar-refractivity contribution is -0.137. The van der Waals surface area contributed by atoms with Crippen LogP contribution in [0.1, 0.15) is 50.0 Å². The zero-order valence-electron chi connectivity index (χ0n) is 15.8. The van der Waals surface area contributed by atoms with E-state index >= 15 is 0 Å². The fraction of sp³-hybridized carbons (Fsp3) is 0.571. The van der Waals surface area contributed by atoms with Crippen molar-refractivity contribution < 1.29 is 14.4 Å². The Balaban J connectivity index is 1.63. The Kier molecular flexibility index (Phi) is 6.85. The van der Waals surface area contributed by atoms with E-state index in [4.69, 9.17) is 0 Å². The quantitative estimate of drug-likeness (QED) is 0.832. The molecule has 1 unspecified atom stereocenters. The van der Waals surface area contributed by atoms with Gasteiger partial charge in [0.2, 0.25) is 17.7 Å². The minimum absolute atomic E-state index is 0.0529. The van der Waals surface area contributed by atoms with Crippen molar-refractivity contribution in [3.05, 3.63) is 35.9 Å². The van der Waals surface area contributed by atoms with E-state index in [1.165, 1.54) is 5.56 Å². The number of benzene rings is 1. The first kappa shape index (κ1) is 19.4. The van der Waals surface area contributed by atoms with Crippen molar-refractivity contribution in [1.82, 2.24) is 15.5 Å². The average Bonchev–Trinajstić information content (AvgIpc) is 3.51. The smallest absolute Gasteiger partial charge is 0.239 e. The van der Waals surface area contributed by atoms with Crippen LogP contribution in [0.4, 0.5) is 0 Å². The molecule has 2 fully saturated rings. The number of hydrogen-bond donors (Lipinski definition) is 2. The summed E-state index contributed by atoms with van der Waals surface area (Å²) < 4.78 is 0. The topological polar surface area (TPSA) is 78.5 Å². The molecule has 1 atom stereocenters. The average molecular weight is 371 g/mol. The molecule has 3 amide bonds. The van der Waals surface area contributed by atoms with Gasteiger partial charge in [0.05, 0.1) is 6.54 Å². The zero-order chi connectivity index (χ0) is 19.1. The number of rotatable bonds is 2. The van der Waals surface area contributed by atoms with Gasteiger partial charge in [-0.3, -0.25) is 14.4 Å². The van der Waals surface area contributed by atoms with Gasteiger partial charge < -0.3 is 15.5 Å². The molecule has 0 aromatic heterocycles. The summed E-state index contributed by atoms with van der Waals surface area (Å²) in [4.78, 5) is 38.5. The van der Waals surface area contributed by atoms with Crippen LogP contribution in [-0.2, 0) is 14.4 Å². The van der Waals surface area contributed by atoms with Gasteiger partial charge in [-0.15, -0.1) is 0 Å². The van der Waals surface area contributed by atoms with Gasteiger partial charge in [0.25, 0.3) is 0 Å². The van der Waals surface area contributed by atoms with Crippen molar-refractivity contribution in [3.63, 3.8) is 0 Å². The van der Waals surface area contributed by atoms with Crippen molar-refractivity contribution in [1.29, 1.82) is 0 Å². The van der Waals surface area contributed by atoms with E-state index in [1.54, 1.807) is 4.90 Å². The first-order valence-corrected chi connectivity index (χ1v) is 10.0. The van der Waals surface area contributed by atoms with Gasteiger partial charge in [-0.2, -0.15) is 0 Å². The molecule has 6 nitrogen and oxygen atoms in total. The highest BCUT2D eigenvalue weighted by molar-refractivity contribution is 5.87. The Morgan fingerprint density at radius 3 is 2.41 bits per heavy atom. The molecule has 3 rings (SSSR count). The molecule has 2 N–H and O–H groups in total. The molecule has 1 aromatic rings. The monoisotopic (exact) mass is 371 g/mol. The van der Waals surface area contributed by atoms with E-state index in [1.807, 2.05) is 18.2 Å². The van der Waals surface area contributed by atoms with Gasteiger partial charge in [0.15, 0.2) is 0 Å². The maximum absolute atomic E-state index is 12.4. The third-order valence-corrected chi connectivity index (χ3v) is 5.31. The highest BCUT2D eigenvalue weighted by Crippen LogP contribution is 2.31. The van der Waals surface area contributed by atoms with E-state index in [-0.39, 0.29) is 36.1 Å². The van der Waals surface area contributed by atoms with Crippen LogP contribution in [0.25, 0.3) is 0 Å². The molecule has 1 saturated carbocycles. The predicted molar refractivity (Wildman–Crippen MR) is 103 cm³/mol. The summed E-state index contributed by atoms with van der Waals surface area (Å²) in [5.41, 5.74) is 1.19. The summed E-state index contributed by atoms with van der Waals surface area (Å²) in [7, 11) is 0. The molecule has 146 valence electrons. The maximum Gasteiger partial charge on any atom is 0.239 e.